The lowest BCUT2D eigenvalue weighted by Gasteiger charge is -2.12. The maximum absolute atomic E-state index is 14.3. The van der Waals surface area contributed by atoms with E-state index in [1.54, 1.807) is 22.8 Å². The Balaban J connectivity index is 2.17. The molecule has 3 aromatic rings. The monoisotopic (exact) mass is 402 g/mol. The zero-order valence-electron chi connectivity index (χ0n) is 15.7. The lowest BCUT2D eigenvalue weighted by atomic mass is 10.1. The van der Waals surface area contributed by atoms with Crippen LogP contribution in [0, 0.1) is 5.82 Å². The van der Waals surface area contributed by atoms with Gasteiger partial charge < -0.3 is 18.8 Å². The van der Waals surface area contributed by atoms with Crippen LogP contribution in [0.25, 0.3) is 10.2 Å². The minimum atomic E-state index is -0.510. The second-order valence-corrected chi connectivity index (χ2v) is 6.71. The van der Waals surface area contributed by atoms with Gasteiger partial charge in [-0.3, -0.25) is 4.79 Å². The van der Waals surface area contributed by atoms with Gasteiger partial charge in [-0.15, -0.1) is 6.58 Å². The van der Waals surface area contributed by atoms with E-state index in [0.29, 0.717) is 38.8 Å². The van der Waals surface area contributed by atoms with Crippen molar-refractivity contribution in [3.63, 3.8) is 0 Å². The van der Waals surface area contributed by atoms with Crippen LogP contribution in [0.3, 0.4) is 0 Å². The summed E-state index contributed by atoms with van der Waals surface area (Å²) in [4.78, 5) is 17.4. The number of rotatable bonds is 6. The summed E-state index contributed by atoms with van der Waals surface area (Å²) in [5.41, 5.74) is 0.654. The molecule has 1 aromatic heterocycles. The van der Waals surface area contributed by atoms with Crippen LogP contribution in [0.5, 0.6) is 17.2 Å². The van der Waals surface area contributed by atoms with Crippen molar-refractivity contribution >= 4 is 27.5 Å². The van der Waals surface area contributed by atoms with Gasteiger partial charge in [0.05, 0.1) is 31.5 Å². The number of amides is 1. The van der Waals surface area contributed by atoms with E-state index in [0.717, 1.165) is 0 Å². The largest absolute Gasteiger partial charge is 0.493 e. The summed E-state index contributed by atoms with van der Waals surface area (Å²) in [5.74, 6) is 0.192. The number of thiazole rings is 1. The Hall–Kier alpha value is -3.13. The second-order valence-electron chi connectivity index (χ2n) is 5.70. The van der Waals surface area contributed by atoms with Gasteiger partial charge >= 0.3 is 0 Å². The van der Waals surface area contributed by atoms with Crippen molar-refractivity contribution in [2.75, 3.05) is 21.3 Å². The number of ether oxygens (including phenoxy) is 3. The predicted octanol–water partition coefficient (Wildman–Crippen LogP) is 3.79. The van der Waals surface area contributed by atoms with Crippen LogP contribution in [0.1, 0.15) is 10.4 Å². The third kappa shape index (κ3) is 3.50. The van der Waals surface area contributed by atoms with Gasteiger partial charge in [-0.05, 0) is 24.3 Å². The Morgan fingerprint density at radius 3 is 2.46 bits per heavy atom. The first kappa shape index (κ1) is 19.6. The number of carbonyl (C=O) groups excluding carboxylic acids is 1. The van der Waals surface area contributed by atoms with Gasteiger partial charge in [0, 0.05) is 12.1 Å². The summed E-state index contributed by atoms with van der Waals surface area (Å²) >= 11 is 1.23. The molecule has 1 amide bonds. The molecule has 0 saturated heterocycles. The summed E-state index contributed by atoms with van der Waals surface area (Å²) < 4.78 is 32.5. The molecule has 1 heterocycles. The van der Waals surface area contributed by atoms with Crippen molar-refractivity contribution in [2.24, 2.45) is 4.99 Å². The predicted molar refractivity (Wildman–Crippen MR) is 106 cm³/mol. The van der Waals surface area contributed by atoms with Crippen LogP contribution in [0.15, 0.2) is 48.0 Å². The van der Waals surface area contributed by atoms with E-state index in [1.165, 1.54) is 50.9 Å². The molecule has 0 atom stereocenters. The molecule has 0 fully saturated rings. The highest BCUT2D eigenvalue weighted by Crippen LogP contribution is 2.38. The quantitative estimate of drug-likeness (QED) is 0.589. The smallest absolute Gasteiger partial charge is 0.279 e. The molecule has 146 valence electrons. The van der Waals surface area contributed by atoms with Crippen molar-refractivity contribution in [3.8, 4) is 17.2 Å². The number of halogens is 1. The molecule has 0 saturated carbocycles. The maximum Gasteiger partial charge on any atom is 0.279 e. The van der Waals surface area contributed by atoms with Gasteiger partial charge in [-0.1, -0.05) is 23.5 Å². The zero-order chi connectivity index (χ0) is 20.3. The summed E-state index contributed by atoms with van der Waals surface area (Å²) in [6.07, 6.45) is 1.63. The van der Waals surface area contributed by atoms with E-state index in [4.69, 9.17) is 14.2 Å². The number of methoxy groups -OCH3 is 3. The molecule has 28 heavy (non-hydrogen) atoms. The topological polar surface area (TPSA) is 62.1 Å². The van der Waals surface area contributed by atoms with Gasteiger partial charge in [0.2, 0.25) is 5.75 Å². The molecule has 0 bridgehead atoms. The van der Waals surface area contributed by atoms with Gasteiger partial charge in [-0.25, -0.2) is 4.39 Å². The molecule has 2 aromatic carbocycles. The minimum Gasteiger partial charge on any atom is -0.493 e. The number of fused-ring (bicyclic) bond motifs is 1. The highest BCUT2D eigenvalue weighted by atomic mass is 32.1. The number of allylic oxidation sites excluding steroid dienone is 1. The van der Waals surface area contributed by atoms with Crippen molar-refractivity contribution in [2.45, 2.75) is 6.54 Å². The number of benzene rings is 2. The Bertz CT molecular complexity index is 1090. The summed E-state index contributed by atoms with van der Waals surface area (Å²) in [6, 6.07) is 7.83. The molecular formula is C20H19FN2O4S. The fourth-order valence-electron chi connectivity index (χ4n) is 2.83. The van der Waals surface area contributed by atoms with Crippen molar-refractivity contribution in [1.29, 1.82) is 0 Å². The SMILES string of the molecule is C=CCn1c(=NC(=O)c2cc(OC)c(OC)c(OC)c2)sc2cccc(F)c21. The molecule has 0 aliphatic heterocycles. The lowest BCUT2D eigenvalue weighted by Crippen LogP contribution is -2.17. The van der Waals surface area contributed by atoms with Gasteiger partial charge in [0.1, 0.15) is 5.82 Å². The summed E-state index contributed by atoms with van der Waals surface area (Å²) in [5, 5.41) is 0. The molecule has 8 heteroatoms. The van der Waals surface area contributed by atoms with Crippen LogP contribution >= 0.6 is 11.3 Å². The molecule has 0 radical (unpaired) electrons. The zero-order valence-corrected chi connectivity index (χ0v) is 16.5. The molecule has 0 unspecified atom stereocenters. The fraction of sp³-hybridized carbons (Fsp3) is 0.200. The Morgan fingerprint density at radius 2 is 1.89 bits per heavy atom. The number of carbonyl (C=O) groups is 1. The van der Waals surface area contributed by atoms with E-state index < -0.39 is 5.91 Å². The standard InChI is InChI=1S/C20H19FN2O4S/c1-5-9-23-17-13(21)7-6-8-16(17)28-20(23)22-19(24)12-10-14(25-2)18(27-4)15(11-12)26-3/h5-8,10-11H,1,9H2,2-4H3. The number of aromatic nitrogens is 1. The summed E-state index contributed by atoms with van der Waals surface area (Å²) in [7, 11) is 4.42. The van der Waals surface area contributed by atoms with E-state index in [9.17, 15) is 9.18 Å². The molecule has 0 N–H and O–H groups in total. The van der Waals surface area contributed by atoms with Crippen LogP contribution in [-0.4, -0.2) is 31.8 Å². The van der Waals surface area contributed by atoms with E-state index in [1.807, 2.05) is 0 Å². The number of nitrogens with zero attached hydrogens (tertiary/aromatic N) is 2. The van der Waals surface area contributed by atoms with E-state index in [-0.39, 0.29) is 11.4 Å². The first-order valence-electron chi connectivity index (χ1n) is 8.31. The van der Waals surface area contributed by atoms with Crippen molar-refractivity contribution in [3.05, 3.63) is 59.2 Å². The van der Waals surface area contributed by atoms with Crippen LogP contribution < -0.4 is 19.0 Å². The Kier molecular flexibility index (Phi) is 5.79. The number of hydrogen-bond acceptors (Lipinski definition) is 5. The summed E-state index contributed by atoms with van der Waals surface area (Å²) in [6.45, 7) is 4.02. The van der Waals surface area contributed by atoms with Crippen molar-refractivity contribution < 1.29 is 23.4 Å². The molecule has 0 aliphatic carbocycles. The van der Waals surface area contributed by atoms with Gasteiger partial charge in [0.25, 0.3) is 5.91 Å². The average molecular weight is 402 g/mol. The van der Waals surface area contributed by atoms with Gasteiger partial charge in [0.15, 0.2) is 16.3 Å². The number of para-hydroxylation sites is 1. The normalized spacial score (nSPS) is 11.5. The van der Waals surface area contributed by atoms with Gasteiger partial charge in [-0.2, -0.15) is 4.99 Å². The third-order valence-electron chi connectivity index (χ3n) is 4.07. The first-order valence-corrected chi connectivity index (χ1v) is 9.13. The molecule has 0 aliphatic rings. The lowest BCUT2D eigenvalue weighted by molar-refractivity contribution is 0.0997. The van der Waals surface area contributed by atoms with Crippen LogP contribution in [0.2, 0.25) is 0 Å². The van der Waals surface area contributed by atoms with Crippen molar-refractivity contribution in [1.82, 2.24) is 4.57 Å². The molecule has 0 spiro atoms. The second kappa shape index (κ2) is 8.26. The van der Waals surface area contributed by atoms with E-state index >= 15 is 0 Å². The third-order valence-corrected chi connectivity index (χ3v) is 5.12. The maximum atomic E-state index is 14.3. The van der Waals surface area contributed by atoms with E-state index in [2.05, 4.69) is 11.6 Å². The Morgan fingerprint density at radius 1 is 1.21 bits per heavy atom. The molecule has 3 rings (SSSR count). The minimum absolute atomic E-state index is 0.262. The first-order chi connectivity index (χ1) is 13.5. The number of hydrogen-bond donors (Lipinski definition) is 0. The van der Waals surface area contributed by atoms with Crippen LogP contribution in [0.4, 0.5) is 4.39 Å². The highest BCUT2D eigenvalue weighted by molar-refractivity contribution is 7.16. The fourth-order valence-corrected chi connectivity index (χ4v) is 3.88. The molecule has 6 nitrogen and oxygen atoms in total. The molecular weight excluding hydrogens is 383 g/mol. The highest BCUT2D eigenvalue weighted by Gasteiger charge is 2.17. The average Bonchev–Trinajstić information content (AvgIpc) is 3.05. The van der Waals surface area contributed by atoms with Crippen LogP contribution in [-0.2, 0) is 6.54 Å². The Labute approximate surface area is 165 Å².